The van der Waals surface area contributed by atoms with Gasteiger partial charge in [0, 0.05) is 13.1 Å². The minimum Gasteiger partial charge on any atom is -0.447 e. The molecule has 0 aromatic rings. The minimum atomic E-state index is -0.436. The molecule has 1 aliphatic heterocycles. The van der Waals surface area contributed by atoms with Crippen molar-refractivity contribution in [3.05, 3.63) is 0 Å². The number of carbonyl (C=O) groups is 1. The maximum atomic E-state index is 11.0. The summed E-state index contributed by atoms with van der Waals surface area (Å²) in [5.41, 5.74) is 0. The van der Waals surface area contributed by atoms with Gasteiger partial charge in [-0.15, -0.1) is 0 Å². The maximum Gasteiger partial charge on any atom is 0.407 e. The molecule has 5 nitrogen and oxygen atoms in total. The summed E-state index contributed by atoms with van der Waals surface area (Å²) < 4.78 is 4.66. The summed E-state index contributed by atoms with van der Waals surface area (Å²) >= 11 is 0. The van der Waals surface area contributed by atoms with Gasteiger partial charge in [0.25, 0.3) is 0 Å². The lowest BCUT2D eigenvalue weighted by atomic mass is 10.1. The summed E-state index contributed by atoms with van der Waals surface area (Å²) in [4.78, 5) is 13.2. The molecule has 1 atom stereocenters. The Labute approximate surface area is 84.0 Å². The molecular weight excluding hydrogens is 184 g/mol. The average molecular weight is 202 g/mol. The van der Waals surface area contributed by atoms with Gasteiger partial charge >= 0.3 is 6.09 Å². The molecule has 5 heteroatoms. The molecule has 0 radical (unpaired) electrons. The fraction of sp³-hybridized carbons (Fsp3) is 0.889. The molecule has 82 valence electrons. The smallest absolute Gasteiger partial charge is 0.407 e. The highest BCUT2D eigenvalue weighted by Crippen LogP contribution is 2.12. The van der Waals surface area contributed by atoms with Crippen molar-refractivity contribution in [1.82, 2.24) is 10.2 Å². The van der Waals surface area contributed by atoms with Crippen molar-refractivity contribution < 1.29 is 14.6 Å². The lowest BCUT2D eigenvalue weighted by Gasteiger charge is -2.11. The number of nitrogens with zero attached hydrogens (tertiary/aromatic N) is 1. The topological polar surface area (TPSA) is 61.8 Å². The summed E-state index contributed by atoms with van der Waals surface area (Å²) in [5, 5.41) is 11.1. The number of likely N-dealkylation sites (tertiary alicyclic amines) is 1. The van der Waals surface area contributed by atoms with Gasteiger partial charge in [0.05, 0.1) is 6.61 Å². The number of alkyl carbamates (subject to hydrolysis) is 1. The van der Waals surface area contributed by atoms with Gasteiger partial charge in [-0.1, -0.05) is 0 Å². The van der Waals surface area contributed by atoms with Gasteiger partial charge in [0.15, 0.2) is 0 Å². The third kappa shape index (κ3) is 3.93. The summed E-state index contributed by atoms with van der Waals surface area (Å²) in [6.07, 6.45) is 0.685. The SMILES string of the molecule is CN1CCC(CNC(=O)OCCO)C1. The zero-order chi connectivity index (χ0) is 10.4. The van der Waals surface area contributed by atoms with Crippen molar-refractivity contribution >= 4 is 6.09 Å². The zero-order valence-corrected chi connectivity index (χ0v) is 8.53. The Morgan fingerprint density at radius 3 is 3.07 bits per heavy atom. The highest BCUT2D eigenvalue weighted by Gasteiger charge is 2.19. The van der Waals surface area contributed by atoms with Crippen LogP contribution in [0.5, 0.6) is 0 Å². The van der Waals surface area contributed by atoms with E-state index in [1.807, 2.05) is 0 Å². The van der Waals surface area contributed by atoms with Gasteiger partial charge in [-0.25, -0.2) is 4.79 Å². The van der Waals surface area contributed by atoms with Crippen LogP contribution >= 0.6 is 0 Å². The quantitative estimate of drug-likeness (QED) is 0.654. The van der Waals surface area contributed by atoms with Gasteiger partial charge in [0.2, 0.25) is 0 Å². The third-order valence-electron chi connectivity index (χ3n) is 2.35. The number of hydrogen-bond donors (Lipinski definition) is 2. The van der Waals surface area contributed by atoms with Gasteiger partial charge < -0.3 is 20.1 Å². The molecule has 1 heterocycles. The summed E-state index contributed by atoms with van der Waals surface area (Å²) in [6, 6.07) is 0. The second-order valence-electron chi connectivity index (χ2n) is 3.66. The fourth-order valence-corrected chi connectivity index (χ4v) is 1.61. The molecule has 1 fully saturated rings. The Morgan fingerprint density at radius 1 is 1.71 bits per heavy atom. The number of carbonyl (C=O) groups excluding carboxylic acids is 1. The van der Waals surface area contributed by atoms with E-state index in [1.54, 1.807) is 0 Å². The lowest BCUT2D eigenvalue weighted by Crippen LogP contribution is -2.31. The number of aliphatic hydroxyl groups is 1. The Bertz CT molecular complexity index is 187. The van der Waals surface area contributed by atoms with Crippen molar-refractivity contribution in [2.75, 3.05) is 39.9 Å². The number of amides is 1. The van der Waals surface area contributed by atoms with E-state index in [-0.39, 0.29) is 13.2 Å². The van der Waals surface area contributed by atoms with Crippen LogP contribution in [0.25, 0.3) is 0 Å². The van der Waals surface area contributed by atoms with E-state index in [9.17, 15) is 4.79 Å². The molecule has 1 amide bonds. The average Bonchev–Trinajstić information content (AvgIpc) is 2.58. The first kappa shape index (κ1) is 11.3. The van der Waals surface area contributed by atoms with E-state index in [1.165, 1.54) is 0 Å². The monoisotopic (exact) mass is 202 g/mol. The Balaban J connectivity index is 2.05. The van der Waals surface area contributed by atoms with Crippen LogP contribution < -0.4 is 5.32 Å². The Kier molecular flexibility index (Phi) is 4.69. The molecular formula is C9H18N2O3. The molecule has 1 unspecified atom stereocenters. The first-order chi connectivity index (χ1) is 6.72. The summed E-state index contributed by atoms with van der Waals surface area (Å²) in [7, 11) is 2.07. The van der Waals surface area contributed by atoms with Crippen molar-refractivity contribution in [2.45, 2.75) is 6.42 Å². The van der Waals surface area contributed by atoms with E-state index in [2.05, 4.69) is 22.0 Å². The predicted molar refractivity (Wildman–Crippen MR) is 52.0 cm³/mol. The number of rotatable bonds is 4. The first-order valence-electron chi connectivity index (χ1n) is 4.92. The summed E-state index contributed by atoms with van der Waals surface area (Å²) in [5.74, 6) is 0.529. The van der Waals surface area contributed by atoms with Gasteiger partial charge in [-0.05, 0) is 25.9 Å². The third-order valence-corrected chi connectivity index (χ3v) is 2.35. The normalized spacial score (nSPS) is 22.3. The zero-order valence-electron chi connectivity index (χ0n) is 8.53. The standard InChI is InChI=1S/C9H18N2O3/c1-11-3-2-8(7-11)6-10-9(13)14-5-4-12/h8,12H,2-7H2,1H3,(H,10,13). The van der Waals surface area contributed by atoms with Crippen molar-refractivity contribution in [1.29, 1.82) is 0 Å². The molecule has 14 heavy (non-hydrogen) atoms. The maximum absolute atomic E-state index is 11.0. The number of nitrogens with one attached hydrogen (secondary N) is 1. The van der Waals surface area contributed by atoms with Crippen LogP contribution in [0.3, 0.4) is 0 Å². The lowest BCUT2D eigenvalue weighted by molar-refractivity contribution is 0.118. The second-order valence-corrected chi connectivity index (χ2v) is 3.66. The van der Waals surface area contributed by atoms with Crippen LogP contribution in [0.2, 0.25) is 0 Å². The molecule has 0 aromatic heterocycles. The Morgan fingerprint density at radius 2 is 2.50 bits per heavy atom. The van der Waals surface area contributed by atoms with Crippen LogP contribution in [0.4, 0.5) is 4.79 Å². The number of aliphatic hydroxyl groups excluding tert-OH is 1. The fourth-order valence-electron chi connectivity index (χ4n) is 1.61. The van der Waals surface area contributed by atoms with Crippen molar-refractivity contribution in [3.63, 3.8) is 0 Å². The van der Waals surface area contributed by atoms with Crippen LogP contribution in [0, 0.1) is 5.92 Å². The van der Waals surface area contributed by atoms with Gasteiger partial charge in [0.1, 0.15) is 6.61 Å². The molecule has 0 aromatic carbocycles. The van der Waals surface area contributed by atoms with E-state index < -0.39 is 6.09 Å². The van der Waals surface area contributed by atoms with Gasteiger partial charge in [-0.2, -0.15) is 0 Å². The van der Waals surface area contributed by atoms with E-state index in [0.29, 0.717) is 12.5 Å². The molecule has 1 rings (SSSR count). The highest BCUT2D eigenvalue weighted by atomic mass is 16.6. The predicted octanol–water partition coefficient (Wildman–Crippen LogP) is -0.343. The number of hydrogen-bond acceptors (Lipinski definition) is 4. The molecule has 1 saturated heterocycles. The molecule has 1 aliphatic rings. The molecule has 0 spiro atoms. The minimum absolute atomic E-state index is 0.0659. The van der Waals surface area contributed by atoms with Crippen LogP contribution in [0.1, 0.15) is 6.42 Å². The van der Waals surface area contributed by atoms with Crippen molar-refractivity contribution in [2.24, 2.45) is 5.92 Å². The molecule has 0 aliphatic carbocycles. The van der Waals surface area contributed by atoms with E-state index >= 15 is 0 Å². The van der Waals surface area contributed by atoms with Crippen molar-refractivity contribution in [3.8, 4) is 0 Å². The largest absolute Gasteiger partial charge is 0.447 e. The molecule has 0 bridgehead atoms. The molecule has 2 N–H and O–H groups in total. The molecule has 0 saturated carbocycles. The van der Waals surface area contributed by atoms with E-state index in [4.69, 9.17) is 5.11 Å². The second kappa shape index (κ2) is 5.82. The highest BCUT2D eigenvalue weighted by molar-refractivity contribution is 5.67. The Hall–Kier alpha value is -0.810. The van der Waals surface area contributed by atoms with Gasteiger partial charge in [-0.3, -0.25) is 0 Å². The number of ether oxygens (including phenoxy) is 1. The first-order valence-corrected chi connectivity index (χ1v) is 4.92. The van der Waals surface area contributed by atoms with Crippen LogP contribution in [-0.4, -0.2) is 56.0 Å². The van der Waals surface area contributed by atoms with Crippen LogP contribution in [0.15, 0.2) is 0 Å². The summed E-state index contributed by atoms with van der Waals surface area (Å²) in [6.45, 7) is 2.73. The van der Waals surface area contributed by atoms with E-state index in [0.717, 1.165) is 19.5 Å². The van der Waals surface area contributed by atoms with Crippen LogP contribution in [-0.2, 0) is 4.74 Å².